The van der Waals surface area contributed by atoms with Crippen molar-refractivity contribution in [1.29, 1.82) is 0 Å². The zero-order valence-electron chi connectivity index (χ0n) is 12.2. The zero-order valence-corrected chi connectivity index (χ0v) is 13.0. The van der Waals surface area contributed by atoms with Crippen molar-refractivity contribution in [3.05, 3.63) is 23.3 Å². The summed E-state index contributed by atoms with van der Waals surface area (Å²) >= 11 is 0. The van der Waals surface area contributed by atoms with E-state index in [1.807, 2.05) is 26.8 Å². The number of anilines is 2. The first-order valence-corrected chi connectivity index (χ1v) is 8.43. The Bertz CT molecular complexity index is 597. The Balaban J connectivity index is 2.18. The highest BCUT2D eigenvalue weighted by Gasteiger charge is 2.29. The minimum Gasteiger partial charge on any atom is -0.398 e. The van der Waals surface area contributed by atoms with E-state index in [0.717, 1.165) is 23.2 Å². The number of aryl methyl sites for hydroxylation is 1. The number of hydrogen-bond acceptors (Lipinski definition) is 4. The van der Waals surface area contributed by atoms with Crippen molar-refractivity contribution in [1.82, 2.24) is 0 Å². The van der Waals surface area contributed by atoms with Gasteiger partial charge in [-0.2, -0.15) is 0 Å². The maximum absolute atomic E-state index is 12.4. The van der Waals surface area contributed by atoms with E-state index in [9.17, 15) is 8.42 Å². The number of nitrogen functional groups attached to an aromatic ring is 1. The largest absolute Gasteiger partial charge is 0.398 e. The average molecular weight is 298 g/mol. The van der Waals surface area contributed by atoms with Gasteiger partial charge in [-0.05, 0) is 44.4 Å². The summed E-state index contributed by atoms with van der Waals surface area (Å²) in [6.07, 6.45) is 0.773. The fourth-order valence-electron chi connectivity index (χ4n) is 2.34. The van der Waals surface area contributed by atoms with Crippen LogP contribution < -0.4 is 10.0 Å². The summed E-state index contributed by atoms with van der Waals surface area (Å²) in [5, 5.41) is 0. The monoisotopic (exact) mass is 298 g/mol. The molecule has 2 N–H and O–H groups in total. The third kappa shape index (κ3) is 3.07. The summed E-state index contributed by atoms with van der Waals surface area (Å²) in [6.45, 7) is 6.42. The molecule has 1 heterocycles. The molecule has 0 aliphatic carbocycles. The number of ether oxygens (including phenoxy) is 1. The minimum absolute atomic E-state index is 0.00159. The minimum atomic E-state index is -3.35. The van der Waals surface area contributed by atoms with Crippen LogP contribution in [0.15, 0.2) is 12.1 Å². The number of hydrogen-bond donors (Lipinski definition) is 1. The third-order valence-corrected chi connectivity index (χ3v) is 5.18. The Hall–Kier alpha value is -1.27. The Morgan fingerprint density at radius 3 is 2.75 bits per heavy atom. The molecule has 0 saturated carbocycles. The van der Waals surface area contributed by atoms with E-state index in [2.05, 4.69) is 0 Å². The van der Waals surface area contributed by atoms with E-state index >= 15 is 0 Å². The molecule has 112 valence electrons. The molecule has 0 saturated heterocycles. The molecule has 1 aliphatic heterocycles. The summed E-state index contributed by atoms with van der Waals surface area (Å²) in [7, 11) is -3.35. The number of nitrogens with zero attached hydrogens (tertiary/aromatic N) is 1. The molecule has 0 radical (unpaired) electrons. The normalized spacial score (nSPS) is 14.9. The molecule has 1 aliphatic rings. The molecule has 0 atom stereocenters. The number of rotatable bonds is 5. The van der Waals surface area contributed by atoms with Crippen LogP contribution in [-0.2, 0) is 21.2 Å². The fourth-order valence-corrected chi connectivity index (χ4v) is 3.70. The summed E-state index contributed by atoms with van der Waals surface area (Å²) in [6, 6.07) is 3.74. The number of fused-ring (bicyclic) bond motifs is 1. The quantitative estimate of drug-likeness (QED) is 0.840. The molecule has 2 rings (SSSR count). The van der Waals surface area contributed by atoms with Crippen LogP contribution in [0.3, 0.4) is 0 Å². The standard InChI is InChI=1S/C14H22N2O3S/c1-10(2)19-6-7-20(17,18)16-5-4-12-8-11(3)13(15)9-14(12)16/h8-10H,4-7,15H2,1-3H3. The molecule has 1 aromatic carbocycles. The summed E-state index contributed by atoms with van der Waals surface area (Å²) < 4.78 is 31.6. The summed E-state index contributed by atoms with van der Waals surface area (Å²) in [4.78, 5) is 0. The molecule has 0 fully saturated rings. The molecule has 0 bridgehead atoms. The second-order valence-electron chi connectivity index (χ2n) is 5.40. The molecular formula is C14H22N2O3S. The molecule has 6 heteroatoms. The van der Waals surface area contributed by atoms with Gasteiger partial charge in [0, 0.05) is 12.2 Å². The van der Waals surface area contributed by atoms with Crippen LogP contribution >= 0.6 is 0 Å². The van der Waals surface area contributed by atoms with Crippen LogP contribution in [0.5, 0.6) is 0 Å². The predicted octanol–water partition coefficient (Wildman–Crippen LogP) is 1.69. The highest BCUT2D eigenvalue weighted by atomic mass is 32.2. The summed E-state index contributed by atoms with van der Waals surface area (Å²) in [5.74, 6) is -0.00159. The van der Waals surface area contributed by atoms with Gasteiger partial charge in [0.2, 0.25) is 10.0 Å². The van der Waals surface area contributed by atoms with E-state index in [-0.39, 0.29) is 18.5 Å². The van der Waals surface area contributed by atoms with Gasteiger partial charge in [0.15, 0.2) is 0 Å². The topological polar surface area (TPSA) is 72.6 Å². The van der Waals surface area contributed by atoms with Gasteiger partial charge in [-0.15, -0.1) is 0 Å². The Kier molecular flexibility index (Phi) is 4.25. The van der Waals surface area contributed by atoms with Crippen LogP contribution in [0.25, 0.3) is 0 Å². The lowest BCUT2D eigenvalue weighted by molar-refractivity contribution is 0.0912. The van der Waals surface area contributed by atoms with Crippen molar-refractivity contribution >= 4 is 21.4 Å². The van der Waals surface area contributed by atoms with Gasteiger partial charge in [-0.25, -0.2) is 8.42 Å². The average Bonchev–Trinajstić information content (AvgIpc) is 2.72. The molecular weight excluding hydrogens is 276 g/mol. The van der Waals surface area contributed by atoms with Gasteiger partial charge in [0.05, 0.1) is 24.2 Å². The lowest BCUT2D eigenvalue weighted by Gasteiger charge is -2.20. The number of sulfonamides is 1. The highest BCUT2D eigenvalue weighted by Crippen LogP contribution is 2.33. The number of nitrogens with two attached hydrogens (primary N) is 1. The van der Waals surface area contributed by atoms with Crippen molar-refractivity contribution in [3.63, 3.8) is 0 Å². The van der Waals surface area contributed by atoms with Gasteiger partial charge in [-0.3, -0.25) is 4.31 Å². The van der Waals surface area contributed by atoms with E-state index in [1.165, 1.54) is 4.31 Å². The van der Waals surface area contributed by atoms with Crippen LogP contribution in [0.2, 0.25) is 0 Å². The molecule has 0 aromatic heterocycles. The molecule has 20 heavy (non-hydrogen) atoms. The Morgan fingerprint density at radius 1 is 1.40 bits per heavy atom. The first kappa shape index (κ1) is 15.1. The maximum Gasteiger partial charge on any atom is 0.237 e. The molecule has 5 nitrogen and oxygen atoms in total. The van der Waals surface area contributed by atoms with Crippen molar-refractivity contribution < 1.29 is 13.2 Å². The summed E-state index contributed by atoms with van der Waals surface area (Å²) in [5.41, 5.74) is 9.28. The predicted molar refractivity (Wildman–Crippen MR) is 81.5 cm³/mol. The van der Waals surface area contributed by atoms with Gasteiger partial charge >= 0.3 is 0 Å². The van der Waals surface area contributed by atoms with E-state index in [1.54, 1.807) is 6.07 Å². The van der Waals surface area contributed by atoms with E-state index in [4.69, 9.17) is 10.5 Å². The van der Waals surface area contributed by atoms with Crippen LogP contribution in [0.1, 0.15) is 25.0 Å². The SMILES string of the molecule is Cc1cc2c(cc1N)N(S(=O)(=O)CCOC(C)C)CC2. The number of benzene rings is 1. The van der Waals surface area contributed by atoms with Gasteiger partial charge in [0.1, 0.15) is 0 Å². The maximum atomic E-state index is 12.4. The fraction of sp³-hybridized carbons (Fsp3) is 0.571. The second kappa shape index (κ2) is 5.61. The first-order chi connectivity index (χ1) is 9.31. The van der Waals surface area contributed by atoms with Gasteiger partial charge in [0.25, 0.3) is 0 Å². The highest BCUT2D eigenvalue weighted by molar-refractivity contribution is 7.92. The van der Waals surface area contributed by atoms with Crippen LogP contribution in [0.4, 0.5) is 11.4 Å². The first-order valence-electron chi connectivity index (χ1n) is 6.82. The van der Waals surface area contributed by atoms with Crippen LogP contribution in [-0.4, -0.2) is 33.4 Å². The smallest absolute Gasteiger partial charge is 0.237 e. The van der Waals surface area contributed by atoms with Crippen LogP contribution in [0, 0.1) is 6.92 Å². The Labute approximate surface area is 120 Å². The van der Waals surface area contributed by atoms with E-state index < -0.39 is 10.0 Å². The van der Waals surface area contributed by atoms with Gasteiger partial charge < -0.3 is 10.5 Å². The zero-order chi connectivity index (χ0) is 14.9. The Morgan fingerprint density at radius 2 is 2.10 bits per heavy atom. The van der Waals surface area contributed by atoms with E-state index in [0.29, 0.717) is 12.2 Å². The van der Waals surface area contributed by atoms with Gasteiger partial charge in [-0.1, -0.05) is 6.07 Å². The molecule has 0 amide bonds. The molecule has 1 aromatic rings. The van der Waals surface area contributed by atoms with Crippen molar-refractivity contribution in [2.75, 3.05) is 28.9 Å². The lowest BCUT2D eigenvalue weighted by atomic mass is 10.1. The second-order valence-corrected chi connectivity index (χ2v) is 7.41. The lowest BCUT2D eigenvalue weighted by Crippen LogP contribution is -2.33. The van der Waals surface area contributed by atoms with Crippen molar-refractivity contribution in [2.45, 2.75) is 33.3 Å². The van der Waals surface area contributed by atoms with Crippen molar-refractivity contribution in [3.8, 4) is 0 Å². The van der Waals surface area contributed by atoms with Crippen molar-refractivity contribution in [2.24, 2.45) is 0 Å². The molecule has 0 unspecified atom stereocenters. The molecule has 0 spiro atoms. The third-order valence-electron chi connectivity index (χ3n) is 3.45.